The lowest BCUT2D eigenvalue weighted by Crippen LogP contribution is -1.93. The van der Waals surface area contributed by atoms with Crippen LogP contribution in [0, 0.1) is 6.92 Å². The van der Waals surface area contributed by atoms with Crippen LogP contribution in [-0.4, -0.2) is 16.3 Å². The lowest BCUT2D eigenvalue weighted by atomic mass is 10.1. The van der Waals surface area contributed by atoms with Gasteiger partial charge in [-0.05, 0) is 13.0 Å². The molecule has 3 nitrogen and oxygen atoms in total. The number of aldehydes is 1. The Bertz CT molecular complexity index is 477. The molecule has 0 fully saturated rings. The summed E-state index contributed by atoms with van der Waals surface area (Å²) in [7, 11) is 0. The van der Waals surface area contributed by atoms with Crippen LogP contribution in [0.5, 0.6) is 0 Å². The monoisotopic (exact) mass is 198 g/mol. The largest absolute Gasteiger partial charge is 0.294 e. The van der Waals surface area contributed by atoms with Crippen molar-refractivity contribution < 1.29 is 4.79 Å². The molecule has 0 aliphatic heterocycles. The van der Waals surface area contributed by atoms with E-state index in [1.807, 2.05) is 31.2 Å². The van der Waals surface area contributed by atoms with E-state index in [0.717, 1.165) is 11.3 Å². The molecular formula is C12H10N2O. The van der Waals surface area contributed by atoms with Crippen LogP contribution >= 0.6 is 0 Å². The first-order chi connectivity index (χ1) is 7.29. The van der Waals surface area contributed by atoms with Crippen molar-refractivity contribution in [3.05, 3.63) is 47.9 Å². The van der Waals surface area contributed by atoms with Gasteiger partial charge in [0.15, 0.2) is 12.1 Å². The standard InChI is InChI=1S/C12H10N2O/c1-9-2-4-10(5-3-9)11-6-7-13-12(8-15)14-11/h2-8H,1H3. The molecule has 2 rings (SSSR count). The van der Waals surface area contributed by atoms with Gasteiger partial charge >= 0.3 is 0 Å². The van der Waals surface area contributed by atoms with Gasteiger partial charge in [0.05, 0.1) is 5.69 Å². The summed E-state index contributed by atoms with van der Waals surface area (Å²) in [5.41, 5.74) is 2.96. The van der Waals surface area contributed by atoms with E-state index in [9.17, 15) is 4.79 Å². The fourth-order valence-corrected chi connectivity index (χ4v) is 1.32. The molecule has 0 saturated carbocycles. The third-order valence-corrected chi connectivity index (χ3v) is 2.13. The molecule has 2 aromatic rings. The molecule has 0 N–H and O–H groups in total. The van der Waals surface area contributed by atoms with Crippen molar-refractivity contribution in [3.8, 4) is 11.3 Å². The van der Waals surface area contributed by atoms with Crippen LogP contribution in [0.3, 0.4) is 0 Å². The van der Waals surface area contributed by atoms with Crippen molar-refractivity contribution in [1.82, 2.24) is 9.97 Å². The first-order valence-electron chi connectivity index (χ1n) is 4.65. The lowest BCUT2D eigenvalue weighted by Gasteiger charge is -2.00. The Morgan fingerprint density at radius 3 is 2.53 bits per heavy atom. The van der Waals surface area contributed by atoms with Gasteiger partial charge in [-0.2, -0.15) is 0 Å². The summed E-state index contributed by atoms with van der Waals surface area (Å²) < 4.78 is 0. The number of hydrogen-bond donors (Lipinski definition) is 0. The average Bonchev–Trinajstić information content (AvgIpc) is 2.30. The second-order valence-corrected chi connectivity index (χ2v) is 3.28. The van der Waals surface area contributed by atoms with Gasteiger partial charge in [0, 0.05) is 11.8 Å². The minimum Gasteiger partial charge on any atom is -0.294 e. The number of carbonyl (C=O) groups is 1. The maximum absolute atomic E-state index is 10.5. The smallest absolute Gasteiger partial charge is 0.193 e. The fraction of sp³-hybridized carbons (Fsp3) is 0.0833. The van der Waals surface area contributed by atoms with Crippen LogP contribution in [0.15, 0.2) is 36.5 Å². The Kier molecular flexibility index (Phi) is 2.54. The second kappa shape index (κ2) is 4.00. The molecule has 3 heteroatoms. The Balaban J connectivity index is 2.44. The predicted octanol–water partition coefficient (Wildman–Crippen LogP) is 2.26. The minimum atomic E-state index is 0.216. The van der Waals surface area contributed by atoms with E-state index in [2.05, 4.69) is 9.97 Å². The molecule has 0 amide bonds. The van der Waals surface area contributed by atoms with Crippen molar-refractivity contribution in [3.63, 3.8) is 0 Å². The zero-order valence-electron chi connectivity index (χ0n) is 8.34. The number of aromatic nitrogens is 2. The molecule has 0 bridgehead atoms. The van der Waals surface area contributed by atoms with Gasteiger partial charge in [0.1, 0.15) is 0 Å². The van der Waals surface area contributed by atoms with Gasteiger partial charge in [-0.3, -0.25) is 4.79 Å². The first-order valence-corrected chi connectivity index (χ1v) is 4.65. The average molecular weight is 198 g/mol. The van der Waals surface area contributed by atoms with Crippen LogP contribution in [0.4, 0.5) is 0 Å². The van der Waals surface area contributed by atoms with Crippen molar-refractivity contribution in [2.75, 3.05) is 0 Å². The lowest BCUT2D eigenvalue weighted by molar-refractivity contribution is 0.111. The zero-order valence-corrected chi connectivity index (χ0v) is 8.34. The summed E-state index contributed by atoms with van der Waals surface area (Å²) in [6, 6.07) is 9.77. The van der Waals surface area contributed by atoms with Crippen LogP contribution < -0.4 is 0 Å². The normalized spacial score (nSPS) is 9.93. The van der Waals surface area contributed by atoms with E-state index < -0.39 is 0 Å². The highest BCUT2D eigenvalue weighted by Gasteiger charge is 2.00. The Morgan fingerprint density at radius 1 is 1.13 bits per heavy atom. The molecule has 0 aliphatic carbocycles. The summed E-state index contributed by atoms with van der Waals surface area (Å²) in [5.74, 6) is 0.216. The molecule has 0 atom stereocenters. The van der Waals surface area contributed by atoms with Crippen LogP contribution in [0.1, 0.15) is 16.2 Å². The number of nitrogens with zero attached hydrogens (tertiary/aromatic N) is 2. The molecule has 0 spiro atoms. The van der Waals surface area contributed by atoms with E-state index in [4.69, 9.17) is 0 Å². The Hall–Kier alpha value is -2.03. The molecule has 15 heavy (non-hydrogen) atoms. The van der Waals surface area contributed by atoms with E-state index in [1.165, 1.54) is 5.56 Å². The highest BCUT2D eigenvalue weighted by molar-refractivity contribution is 5.70. The van der Waals surface area contributed by atoms with Crippen molar-refractivity contribution in [1.29, 1.82) is 0 Å². The van der Waals surface area contributed by atoms with Gasteiger partial charge in [-0.25, -0.2) is 9.97 Å². The van der Waals surface area contributed by atoms with Gasteiger partial charge in [0.2, 0.25) is 0 Å². The fourth-order valence-electron chi connectivity index (χ4n) is 1.32. The topological polar surface area (TPSA) is 42.9 Å². The molecule has 0 saturated heterocycles. The summed E-state index contributed by atoms with van der Waals surface area (Å²) in [5, 5.41) is 0. The van der Waals surface area contributed by atoms with Crippen molar-refractivity contribution >= 4 is 6.29 Å². The van der Waals surface area contributed by atoms with Crippen molar-refractivity contribution in [2.24, 2.45) is 0 Å². The highest BCUT2D eigenvalue weighted by atomic mass is 16.1. The van der Waals surface area contributed by atoms with Gasteiger partial charge in [0.25, 0.3) is 0 Å². The minimum absolute atomic E-state index is 0.216. The molecule has 0 aliphatic rings. The number of hydrogen-bond acceptors (Lipinski definition) is 3. The quantitative estimate of drug-likeness (QED) is 0.695. The molecule has 0 unspecified atom stereocenters. The third kappa shape index (κ3) is 2.07. The number of carbonyl (C=O) groups excluding carboxylic acids is 1. The molecule has 1 aromatic carbocycles. The predicted molar refractivity (Wildman–Crippen MR) is 57.6 cm³/mol. The van der Waals surface area contributed by atoms with E-state index in [0.29, 0.717) is 6.29 Å². The van der Waals surface area contributed by atoms with Crippen molar-refractivity contribution in [2.45, 2.75) is 6.92 Å². The molecular weight excluding hydrogens is 188 g/mol. The van der Waals surface area contributed by atoms with E-state index in [-0.39, 0.29) is 5.82 Å². The zero-order chi connectivity index (χ0) is 10.7. The van der Waals surface area contributed by atoms with Crippen LogP contribution in [0.25, 0.3) is 11.3 Å². The molecule has 1 heterocycles. The van der Waals surface area contributed by atoms with Crippen LogP contribution in [0.2, 0.25) is 0 Å². The number of rotatable bonds is 2. The SMILES string of the molecule is Cc1ccc(-c2ccnc(C=O)n2)cc1. The molecule has 1 aromatic heterocycles. The Morgan fingerprint density at radius 2 is 1.87 bits per heavy atom. The number of aryl methyl sites for hydroxylation is 1. The molecule has 74 valence electrons. The molecule has 0 radical (unpaired) electrons. The van der Waals surface area contributed by atoms with Gasteiger partial charge < -0.3 is 0 Å². The van der Waals surface area contributed by atoms with Gasteiger partial charge in [-0.1, -0.05) is 29.8 Å². The summed E-state index contributed by atoms with van der Waals surface area (Å²) in [6.45, 7) is 2.03. The summed E-state index contributed by atoms with van der Waals surface area (Å²) in [6.07, 6.45) is 2.24. The highest BCUT2D eigenvalue weighted by Crippen LogP contribution is 2.16. The third-order valence-electron chi connectivity index (χ3n) is 2.13. The number of benzene rings is 1. The van der Waals surface area contributed by atoms with Crippen LogP contribution in [-0.2, 0) is 0 Å². The maximum atomic E-state index is 10.5. The van der Waals surface area contributed by atoms with Gasteiger partial charge in [-0.15, -0.1) is 0 Å². The summed E-state index contributed by atoms with van der Waals surface area (Å²) in [4.78, 5) is 18.5. The van der Waals surface area contributed by atoms with E-state index in [1.54, 1.807) is 12.3 Å². The Labute approximate surface area is 87.8 Å². The second-order valence-electron chi connectivity index (χ2n) is 3.28. The first kappa shape index (κ1) is 9.52. The summed E-state index contributed by atoms with van der Waals surface area (Å²) >= 11 is 0. The maximum Gasteiger partial charge on any atom is 0.193 e. The van der Waals surface area contributed by atoms with E-state index >= 15 is 0 Å².